The van der Waals surface area contributed by atoms with Crippen molar-refractivity contribution in [1.82, 2.24) is 5.48 Å². The van der Waals surface area contributed by atoms with E-state index in [1.165, 1.54) is 0 Å². The third-order valence-electron chi connectivity index (χ3n) is 2.29. The minimum absolute atomic E-state index is 0.0219. The molecule has 1 atom stereocenters. The fourth-order valence-electron chi connectivity index (χ4n) is 1.63. The van der Waals surface area contributed by atoms with Crippen molar-refractivity contribution in [2.24, 2.45) is 4.99 Å². The summed E-state index contributed by atoms with van der Waals surface area (Å²) in [5, 5.41) is 0. The van der Waals surface area contributed by atoms with Gasteiger partial charge in [0.15, 0.2) is 0 Å². The Hall–Kier alpha value is -1.61. The summed E-state index contributed by atoms with van der Waals surface area (Å²) >= 11 is 0. The standard InChI is InChI=1S/C10H8N2O/c1-2-4-9-8(3-1)10-7(5-11-9)6-12-13-10/h1-6,10,12H. The van der Waals surface area contributed by atoms with E-state index in [9.17, 15) is 0 Å². The number of rotatable bonds is 0. The van der Waals surface area contributed by atoms with Gasteiger partial charge >= 0.3 is 0 Å². The largest absolute Gasteiger partial charge is 0.273 e. The van der Waals surface area contributed by atoms with E-state index in [1.54, 1.807) is 0 Å². The van der Waals surface area contributed by atoms with Gasteiger partial charge in [0, 0.05) is 23.6 Å². The van der Waals surface area contributed by atoms with Gasteiger partial charge in [-0.1, -0.05) is 18.2 Å². The summed E-state index contributed by atoms with van der Waals surface area (Å²) in [5.41, 5.74) is 5.95. The second-order valence-corrected chi connectivity index (χ2v) is 3.08. The highest BCUT2D eigenvalue weighted by Gasteiger charge is 2.26. The lowest BCUT2D eigenvalue weighted by Gasteiger charge is -2.16. The number of nitrogens with one attached hydrogen (secondary N) is 1. The van der Waals surface area contributed by atoms with Crippen LogP contribution >= 0.6 is 0 Å². The van der Waals surface area contributed by atoms with Crippen LogP contribution in [-0.4, -0.2) is 6.21 Å². The molecule has 1 aromatic carbocycles. The van der Waals surface area contributed by atoms with Crippen molar-refractivity contribution in [3.63, 3.8) is 0 Å². The molecule has 2 aliphatic rings. The first-order chi connectivity index (χ1) is 6.45. The summed E-state index contributed by atoms with van der Waals surface area (Å²) in [6.07, 6.45) is 3.70. The van der Waals surface area contributed by atoms with Crippen molar-refractivity contribution < 1.29 is 4.84 Å². The Labute approximate surface area is 75.7 Å². The molecule has 64 valence electrons. The average molecular weight is 172 g/mol. The number of benzene rings is 1. The van der Waals surface area contributed by atoms with E-state index in [0.29, 0.717) is 0 Å². The third-order valence-corrected chi connectivity index (χ3v) is 2.29. The molecule has 0 bridgehead atoms. The van der Waals surface area contributed by atoms with E-state index >= 15 is 0 Å². The first kappa shape index (κ1) is 6.86. The van der Waals surface area contributed by atoms with Gasteiger partial charge in [0.05, 0.1) is 5.69 Å². The predicted octanol–water partition coefficient (Wildman–Crippen LogP) is 1.86. The number of aliphatic imine (C=N–C) groups is 1. The molecule has 13 heavy (non-hydrogen) atoms. The van der Waals surface area contributed by atoms with Crippen molar-refractivity contribution in [1.29, 1.82) is 0 Å². The van der Waals surface area contributed by atoms with E-state index in [4.69, 9.17) is 4.84 Å². The maximum absolute atomic E-state index is 5.35. The normalized spacial score (nSPS) is 23.1. The molecule has 0 radical (unpaired) electrons. The van der Waals surface area contributed by atoms with Crippen LogP contribution in [0.1, 0.15) is 11.7 Å². The second kappa shape index (κ2) is 2.44. The Kier molecular flexibility index (Phi) is 1.29. The molecule has 0 aromatic heterocycles. The van der Waals surface area contributed by atoms with Gasteiger partial charge in [-0.05, 0) is 6.07 Å². The quantitative estimate of drug-likeness (QED) is 0.648. The molecule has 1 unspecified atom stereocenters. The van der Waals surface area contributed by atoms with Gasteiger partial charge < -0.3 is 0 Å². The molecule has 3 rings (SSSR count). The summed E-state index contributed by atoms with van der Waals surface area (Å²) in [7, 11) is 0. The Morgan fingerprint density at radius 3 is 3.23 bits per heavy atom. The summed E-state index contributed by atoms with van der Waals surface area (Å²) in [5.74, 6) is 0. The molecule has 0 saturated carbocycles. The monoisotopic (exact) mass is 172 g/mol. The maximum atomic E-state index is 5.35. The molecular weight excluding hydrogens is 164 g/mol. The van der Waals surface area contributed by atoms with Crippen LogP contribution in [0.15, 0.2) is 41.0 Å². The van der Waals surface area contributed by atoms with Crippen LogP contribution in [0, 0.1) is 0 Å². The van der Waals surface area contributed by atoms with Crippen LogP contribution in [0.5, 0.6) is 0 Å². The van der Waals surface area contributed by atoms with Gasteiger partial charge in [0.1, 0.15) is 6.10 Å². The van der Waals surface area contributed by atoms with Crippen LogP contribution in [0.4, 0.5) is 5.69 Å². The summed E-state index contributed by atoms with van der Waals surface area (Å²) < 4.78 is 0. The maximum Gasteiger partial charge on any atom is 0.140 e. The number of fused-ring (bicyclic) bond motifs is 3. The van der Waals surface area contributed by atoms with Gasteiger partial charge in [-0.25, -0.2) is 0 Å². The number of hydroxylamine groups is 1. The van der Waals surface area contributed by atoms with E-state index in [0.717, 1.165) is 16.8 Å². The number of para-hydroxylation sites is 1. The van der Waals surface area contributed by atoms with Crippen LogP contribution < -0.4 is 5.48 Å². The van der Waals surface area contributed by atoms with Gasteiger partial charge in [-0.15, -0.1) is 0 Å². The minimum Gasteiger partial charge on any atom is -0.273 e. The highest BCUT2D eigenvalue weighted by atomic mass is 16.7. The number of nitrogens with zero attached hydrogens (tertiary/aromatic N) is 1. The third kappa shape index (κ3) is 0.907. The number of hydrogen-bond donors (Lipinski definition) is 1. The fraction of sp³-hybridized carbons (Fsp3) is 0.100. The molecule has 0 amide bonds. The van der Waals surface area contributed by atoms with Crippen molar-refractivity contribution in [2.45, 2.75) is 6.10 Å². The van der Waals surface area contributed by atoms with Gasteiger partial charge in [-0.3, -0.25) is 15.3 Å². The number of hydrogen-bond acceptors (Lipinski definition) is 3. The Balaban J connectivity index is 2.20. The topological polar surface area (TPSA) is 33.6 Å². The van der Waals surface area contributed by atoms with Crippen LogP contribution in [0.3, 0.4) is 0 Å². The van der Waals surface area contributed by atoms with Crippen molar-refractivity contribution in [3.05, 3.63) is 41.6 Å². The zero-order chi connectivity index (χ0) is 8.67. The minimum atomic E-state index is 0.0219. The second-order valence-electron chi connectivity index (χ2n) is 3.08. The summed E-state index contributed by atoms with van der Waals surface area (Å²) in [4.78, 5) is 9.67. The SMILES string of the molecule is C1=Nc2ccccc2C2ONC=C12. The molecule has 3 nitrogen and oxygen atoms in total. The summed E-state index contributed by atoms with van der Waals surface area (Å²) in [6.45, 7) is 0. The molecule has 0 spiro atoms. The Bertz CT molecular complexity index is 409. The van der Waals surface area contributed by atoms with E-state index in [2.05, 4.69) is 10.5 Å². The Morgan fingerprint density at radius 2 is 2.23 bits per heavy atom. The molecule has 1 aromatic rings. The van der Waals surface area contributed by atoms with Gasteiger partial charge in [0.25, 0.3) is 0 Å². The average Bonchev–Trinajstić information content (AvgIpc) is 2.65. The van der Waals surface area contributed by atoms with E-state index in [-0.39, 0.29) is 6.10 Å². The molecule has 2 aliphatic heterocycles. The zero-order valence-electron chi connectivity index (χ0n) is 6.90. The molecule has 2 heterocycles. The molecular formula is C10H8N2O. The summed E-state index contributed by atoms with van der Waals surface area (Å²) in [6, 6.07) is 8.01. The first-order valence-corrected chi connectivity index (χ1v) is 4.19. The smallest absolute Gasteiger partial charge is 0.140 e. The highest BCUT2D eigenvalue weighted by Crippen LogP contribution is 2.37. The fourth-order valence-corrected chi connectivity index (χ4v) is 1.63. The molecule has 3 heteroatoms. The van der Waals surface area contributed by atoms with Crippen LogP contribution in [0.25, 0.3) is 0 Å². The zero-order valence-corrected chi connectivity index (χ0v) is 6.90. The van der Waals surface area contributed by atoms with Crippen molar-refractivity contribution >= 4 is 11.9 Å². The van der Waals surface area contributed by atoms with Crippen LogP contribution in [-0.2, 0) is 4.84 Å². The lowest BCUT2D eigenvalue weighted by molar-refractivity contribution is 0.0448. The lowest BCUT2D eigenvalue weighted by Crippen LogP contribution is -2.08. The van der Waals surface area contributed by atoms with Crippen molar-refractivity contribution in [3.8, 4) is 0 Å². The van der Waals surface area contributed by atoms with Crippen molar-refractivity contribution in [2.75, 3.05) is 0 Å². The molecule has 0 saturated heterocycles. The van der Waals surface area contributed by atoms with Gasteiger partial charge in [-0.2, -0.15) is 0 Å². The molecule has 0 aliphatic carbocycles. The molecule has 0 fully saturated rings. The Morgan fingerprint density at radius 1 is 1.31 bits per heavy atom. The predicted molar refractivity (Wildman–Crippen MR) is 49.6 cm³/mol. The first-order valence-electron chi connectivity index (χ1n) is 4.19. The van der Waals surface area contributed by atoms with E-state index < -0.39 is 0 Å². The van der Waals surface area contributed by atoms with Gasteiger partial charge in [0.2, 0.25) is 0 Å². The molecule has 1 N–H and O–H groups in total. The highest BCUT2D eigenvalue weighted by molar-refractivity contribution is 5.86. The van der Waals surface area contributed by atoms with Crippen LogP contribution in [0.2, 0.25) is 0 Å². The lowest BCUT2D eigenvalue weighted by atomic mass is 9.99. The van der Waals surface area contributed by atoms with E-state index in [1.807, 2.05) is 36.7 Å².